The number of aliphatic imine (C=N–C) groups is 1. The second-order valence-corrected chi connectivity index (χ2v) is 5.98. The minimum absolute atomic E-state index is 0. The molecule has 2 rings (SSSR count). The molecule has 6 heteroatoms. The average Bonchev–Trinajstić information content (AvgIpc) is 3.01. The summed E-state index contributed by atoms with van der Waals surface area (Å²) in [5, 5.41) is 3.47. The molecule has 120 valence electrons. The molecule has 21 heavy (non-hydrogen) atoms. The standard InChI is InChI=1S/C15H26N4O.HI/c1-15(7-9-20-12-15)11-17-14(16-2)19(4)10-13-6-5-8-18(13)3;/h5-6,8H,7,9-12H2,1-4H3,(H,16,17);1H. The van der Waals surface area contributed by atoms with E-state index in [9.17, 15) is 0 Å². The molecule has 0 amide bonds. The Morgan fingerprint density at radius 2 is 2.33 bits per heavy atom. The van der Waals surface area contributed by atoms with Crippen molar-refractivity contribution in [2.24, 2.45) is 17.5 Å². The first-order valence-corrected chi connectivity index (χ1v) is 7.14. The molecule has 2 heterocycles. The summed E-state index contributed by atoms with van der Waals surface area (Å²) in [7, 11) is 5.96. The Morgan fingerprint density at radius 3 is 2.86 bits per heavy atom. The maximum atomic E-state index is 5.49. The zero-order valence-corrected chi connectivity index (χ0v) is 15.8. The quantitative estimate of drug-likeness (QED) is 0.473. The lowest BCUT2D eigenvalue weighted by molar-refractivity contribution is 0.160. The van der Waals surface area contributed by atoms with Gasteiger partial charge in [-0.2, -0.15) is 0 Å². The van der Waals surface area contributed by atoms with Crippen LogP contribution in [0.4, 0.5) is 0 Å². The Kier molecular flexibility index (Phi) is 6.99. The highest BCUT2D eigenvalue weighted by Gasteiger charge is 2.30. The van der Waals surface area contributed by atoms with Gasteiger partial charge in [0.25, 0.3) is 0 Å². The van der Waals surface area contributed by atoms with Crippen molar-refractivity contribution in [2.45, 2.75) is 19.9 Å². The zero-order valence-electron chi connectivity index (χ0n) is 13.4. The number of nitrogens with zero attached hydrogens (tertiary/aromatic N) is 3. The van der Waals surface area contributed by atoms with Gasteiger partial charge in [-0.25, -0.2) is 0 Å². The lowest BCUT2D eigenvalue weighted by Gasteiger charge is -2.27. The fourth-order valence-electron chi connectivity index (χ4n) is 2.50. The van der Waals surface area contributed by atoms with Crippen molar-refractivity contribution >= 4 is 29.9 Å². The second kappa shape index (κ2) is 8.03. The zero-order chi connectivity index (χ0) is 14.6. The van der Waals surface area contributed by atoms with Gasteiger partial charge in [0.15, 0.2) is 5.96 Å². The maximum absolute atomic E-state index is 5.49. The molecule has 0 saturated carbocycles. The van der Waals surface area contributed by atoms with Gasteiger partial charge < -0.3 is 19.5 Å². The fourth-order valence-corrected chi connectivity index (χ4v) is 2.50. The molecule has 0 aliphatic carbocycles. The largest absolute Gasteiger partial charge is 0.381 e. The van der Waals surface area contributed by atoms with Crippen LogP contribution in [0, 0.1) is 5.41 Å². The van der Waals surface area contributed by atoms with E-state index in [1.807, 2.05) is 7.05 Å². The van der Waals surface area contributed by atoms with Gasteiger partial charge in [-0.05, 0) is 18.6 Å². The van der Waals surface area contributed by atoms with Crippen LogP contribution in [-0.2, 0) is 18.3 Å². The predicted octanol–water partition coefficient (Wildman–Crippen LogP) is 2.08. The molecule has 1 aromatic rings. The third-order valence-electron chi connectivity index (χ3n) is 4.00. The SMILES string of the molecule is CN=C(NCC1(C)CCOC1)N(C)Cc1cccn1C.I. The van der Waals surface area contributed by atoms with Crippen molar-refractivity contribution in [2.75, 3.05) is 33.9 Å². The van der Waals surface area contributed by atoms with Crippen LogP contribution in [0.5, 0.6) is 0 Å². The molecular formula is C15H27IN4O. The lowest BCUT2D eigenvalue weighted by atomic mass is 9.90. The number of halogens is 1. The molecule has 0 bridgehead atoms. The average molecular weight is 406 g/mol. The molecule has 1 saturated heterocycles. The van der Waals surface area contributed by atoms with Crippen LogP contribution >= 0.6 is 24.0 Å². The van der Waals surface area contributed by atoms with Crippen molar-refractivity contribution < 1.29 is 4.74 Å². The summed E-state index contributed by atoms with van der Waals surface area (Å²) < 4.78 is 7.63. The van der Waals surface area contributed by atoms with Crippen molar-refractivity contribution in [3.05, 3.63) is 24.0 Å². The Balaban J connectivity index is 0.00000220. The van der Waals surface area contributed by atoms with E-state index >= 15 is 0 Å². The van der Waals surface area contributed by atoms with E-state index in [4.69, 9.17) is 4.74 Å². The Bertz CT molecular complexity index is 466. The first-order chi connectivity index (χ1) is 9.54. The van der Waals surface area contributed by atoms with Gasteiger partial charge in [0.05, 0.1) is 13.2 Å². The van der Waals surface area contributed by atoms with Crippen molar-refractivity contribution in [3.8, 4) is 0 Å². The van der Waals surface area contributed by atoms with Crippen LogP contribution < -0.4 is 5.32 Å². The number of nitrogens with one attached hydrogen (secondary N) is 1. The summed E-state index contributed by atoms with van der Waals surface area (Å²) >= 11 is 0. The minimum Gasteiger partial charge on any atom is -0.381 e. The van der Waals surface area contributed by atoms with Gasteiger partial charge in [0.2, 0.25) is 0 Å². The number of guanidine groups is 1. The van der Waals surface area contributed by atoms with Gasteiger partial charge in [0, 0.05) is 51.6 Å². The second-order valence-electron chi connectivity index (χ2n) is 5.98. The molecule has 1 aliphatic rings. The van der Waals surface area contributed by atoms with Crippen LogP contribution in [0.2, 0.25) is 0 Å². The molecule has 1 N–H and O–H groups in total. The van der Waals surface area contributed by atoms with Crippen LogP contribution in [0.1, 0.15) is 19.0 Å². The fraction of sp³-hybridized carbons (Fsp3) is 0.667. The van der Waals surface area contributed by atoms with E-state index in [0.29, 0.717) is 0 Å². The highest BCUT2D eigenvalue weighted by Crippen LogP contribution is 2.26. The summed E-state index contributed by atoms with van der Waals surface area (Å²) in [5.74, 6) is 0.930. The number of rotatable bonds is 4. The summed E-state index contributed by atoms with van der Waals surface area (Å²) in [4.78, 5) is 6.52. The summed E-state index contributed by atoms with van der Waals surface area (Å²) in [6, 6.07) is 4.20. The number of aromatic nitrogens is 1. The summed E-state index contributed by atoms with van der Waals surface area (Å²) in [6.45, 7) is 5.71. The van der Waals surface area contributed by atoms with E-state index in [1.54, 1.807) is 0 Å². The highest BCUT2D eigenvalue weighted by molar-refractivity contribution is 14.0. The van der Waals surface area contributed by atoms with E-state index < -0.39 is 0 Å². The number of hydrogen-bond acceptors (Lipinski definition) is 2. The van der Waals surface area contributed by atoms with E-state index in [2.05, 4.69) is 59.1 Å². The third kappa shape index (κ3) is 4.88. The first kappa shape index (κ1) is 18.3. The first-order valence-electron chi connectivity index (χ1n) is 7.14. The van der Waals surface area contributed by atoms with Crippen molar-refractivity contribution in [1.82, 2.24) is 14.8 Å². The van der Waals surface area contributed by atoms with Crippen LogP contribution in [0.25, 0.3) is 0 Å². The molecule has 1 fully saturated rings. The smallest absolute Gasteiger partial charge is 0.193 e. The van der Waals surface area contributed by atoms with Crippen molar-refractivity contribution in [1.29, 1.82) is 0 Å². The van der Waals surface area contributed by atoms with Crippen LogP contribution in [0.3, 0.4) is 0 Å². The molecule has 1 aromatic heterocycles. The van der Waals surface area contributed by atoms with Crippen LogP contribution in [-0.4, -0.2) is 49.3 Å². The normalized spacial score (nSPS) is 22.0. The van der Waals surface area contributed by atoms with E-state index in [1.165, 1.54) is 5.69 Å². The van der Waals surface area contributed by atoms with E-state index in [-0.39, 0.29) is 29.4 Å². The maximum Gasteiger partial charge on any atom is 0.193 e. The summed E-state index contributed by atoms with van der Waals surface area (Å²) in [6.07, 6.45) is 3.18. The van der Waals surface area contributed by atoms with Gasteiger partial charge in [0.1, 0.15) is 0 Å². The minimum atomic E-state index is 0. The topological polar surface area (TPSA) is 41.8 Å². The number of aryl methyl sites for hydroxylation is 1. The molecule has 1 unspecified atom stereocenters. The van der Waals surface area contributed by atoms with Crippen LogP contribution in [0.15, 0.2) is 23.3 Å². The third-order valence-corrected chi connectivity index (χ3v) is 4.00. The Hall–Kier alpha value is -0.760. The predicted molar refractivity (Wildman–Crippen MR) is 97.2 cm³/mol. The molecular weight excluding hydrogens is 379 g/mol. The Labute approximate surface area is 144 Å². The van der Waals surface area contributed by atoms with Crippen molar-refractivity contribution in [3.63, 3.8) is 0 Å². The molecule has 5 nitrogen and oxygen atoms in total. The molecule has 0 spiro atoms. The van der Waals surface area contributed by atoms with Gasteiger partial charge in [-0.1, -0.05) is 6.92 Å². The Morgan fingerprint density at radius 1 is 1.57 bits per heavy atom. The van der Waals surface area contributed by atoms with Gasteiger partial charge >= 0.3 is 0 Å². The highest BCUT2D eigenvalue weighted by atomic mass is 127. The number of hydrogen-bond donors (Lipinski definition) is 1. The molecule has 0 radical (unpaired) electrons. The van der Waals surface area contributed by atoms with Gasteiger partial charge in [-0.15, -0.1) is 24.0 Å². The molecule has 1 atom stereocenters. The van der Waals surface area contributed by atoms with Gasteiger partial charge in [-0.3, -0.25) is 4.99 Å². The van der Waals surface area contributed by atoms with E-state index in [0.717, 1.165) is 38.7 Å². The molecule has 0 aromatic carbocycles. The summed E-state index contributed by atoms with van der Waals surface area (Å²) in [5.41, 5.74) is 1.49. The monoisotopic (exact) mass is 406 g/mol. The molecule has 1 aliphatic heterocycles. The lowest BCUT2D eigenvalue weighted by Crippen LogP contribution is -2.43. The number of ether oxygens (including phenoxy) is 1.